The van der Waals surface area contributed by atoms with Crippen molar-refractivity contribution in [3.8, 4) is 11.1 Å². The lowest BCUT2D eigenvalue weighted by atomic mass is 10.0. The second kappa shape index (κ2) is 8.47. The molecular formula is C28H26N4O2. The monoisotopic (exact) mass is 450 g/mol. The number of aromatic nitrogens is 3. The van der Waals surface area contributed by atoms with Crippen LogP contribution in [0.25, 0.3) is 32.9 Å². The lowest BCUT2D eigenvalue weighted by Crippen LogP contribution is -2.36. The van der Waals surface area contributed by atoms with Crippen molar-refractivity contribution in [3.63, 3.8) is 0 Å². The summed E-state index contributed by atoms with van der Waals surface area (Å²) in [6, 6.07) is 20.5. The number of hydrogen-bond donors (Lipinski definition) is 0. The van der Waals surface area contributed by atoms with Crippen LogP contribution in [0.3, 0.4) is 0 Å². The van der Waals surface area contributed by atoms with Gasteiger partial charge in [0.2, 0.25) is 0 Å². The van der Waals surface area contributed by atoms with Crippen molar-refractivity contribution in [3.05, 3.63) is 95.2 Å². The highest BCUT2D eigenvalue weighted by molar-refractivity contribution is 5.95. The third kappa shape index (κ3) is 3.66. The minimum atomic E-state index is -0.0141. The fraction of sp³-hybridized carbons (Fsp3) is 0.214. The molecule has 6 heteroatoms. The van der Waals surface area contributed by atoms with Gasteiger partial charge in [-0.15, -0.1) is 0 Å². The summed E-state index contributed by atoms with van der Waals surface area (Å²) < 4.78 is 9.29. The largest absolute Gasteiger partial charge is 0.378 e. The van der Waals surface area contributed by atoms with Crippen LogP contribution in [0.1, 0.15) is 5.56 Å². The molecule has 0 bridgehead atoms. The first-order valence-electron chi connectivity index (χ1n) is 11.6. The first kappa shape index (κ1) is 20.7. The van der Waals surface area contributed by atoms with Crippen LogP contribution in [0.2, 0.25) is 0 Å². The Hall–Kier alpha value is -3.90. The third-order valence-electron chi connectivity index (χ3n) is 6.70. The van der Waals surface area contributed by atoms with Crippen LogP contribution >= 0.6 is 0 Å². The van der Waals surface area contributed by atoms with Crippen LogP contribution in [0.5, 0.6) is 0 Å². The molecule has 5 aromatic rings. The van der Waals surface area contributed by atoms with Crippen molar-refractivity contribution in [2.24, 2.45) is 7.05 Å². The molecule has 1 fully saturated rings. The summed E-state index contributed by atoms with van der Waals surface area (Å²) in [7, 11) is 2.00. The molecule has 170 valence electrons. The summed E-state index contributed by atoms with van der Waals surface area (Å²) in [5.41, 5.74) is 5.05. The maximum absolute atomic E-state index is 13.1. The predicted octanol–water partition coefficient (Wildman–Crippen LogP) is 4.44. The number of pyridine rings is 2. The number of fused-ring (bicyclic) bond motifs is 2. The van der Waals surface area contributed by atoms with E-state index in [4.69, 9.17) is 9.72 Å². The average Bonchev–Trinajstić information content (AvgIpc) is 3.21. The number of benzene rings is 2. The van der Waals surface area contributed by atoms with Gasteiger partial charge in [0.25, 0.3) is 5.56 Å². The molecule has 1 saturated heterocycles. The van der Waals surface area contributed by atoms with Gasteiger partial charge in [-0.05, 0) is 34.0 Å². The molecule has 0 N–H and O–H groups in total. The van der Waals surface area contributed by atoms with Crippen molar-refractivity contribution in [2.75, 3.05) is 31.2 Å². The highest BCUT2D eigenvalue weighted by Gasteiger charge is 2.16. The summed E-state index contributed by atoms with van der Waals surface area (Å²) in [5, 5.41) is 3.42. The van der Waals surface area contributed by atoms with Gasteiger partial charge in [0.1, 0.15) is 5.65 Å². The molecule has 2 aromatic carbocycles. The van der Waals surface area contributed by atoms with Crippen molar-refractivity contribution in [1.82, 2.24) is 14.1 Å². The third-order valence-corrected chi connectivity index (χ3v) is 6.70. The van der Waals surface area contributed by atoms with Crippen LogP contribution in [0.15, 0.2) is 84.0 Å². The molecule has 0 atom stereocenters. The molecular weight excluding hydrogens is 424 g/mol. The molecule has 6 rings (SSSR count). The van der Waals surface area contributed by atoms with E-state index in [1.54, 1.807) is 10.6 Å². The van der Waals surface area contributed by atoms with E-state index >= 15 is 0 Å². The van der Waals surface area contributed by atoms with Gasteiger partial charge in [-0.1, -0.05) is 42.5 Å². The minimum absolute atomic E-state index is 0.0141. The topological polar surface area (TPSA) is 52.3 Å². The highest BCUT2D eigenvalue weighted by atomic mass is 16.5. The molecule has 0 amide bonds. The van der Waals surface area contributed by atoms with E-state index in [-0.39, 0.29) is 5.56 Å². The molecule has 6 nitrogen and oxygen atoms in total. The Bertz CT molecular complexity index is 1560. The van der Waals surface area contributed by atoms with E-state index < -0.39 is 0 Å². The van der Waals surface area contributed by atoms with E-state index in [9.17, 15) is 4.79 Å². The standard InChI is InChI=1S/C28H26N4O2/c1-30-19-26(25-16-23(17-29-28(25)30)31-11-13-34-14-12-31)21-9-10-32(27(33)15-21)18-22-7-4-6-20-5-2-3-8-24(20)22/h2-10,15-17,19H,11-14,18H2,1H3. The Labute approximate surface area is 197 Å². The Balaban J connectivity index is 1.37. The molecule has 0 saturated carbocycles. The van der Waals surface area contributed by atoms with Crippen molar-refractivity contribution < 1.29 is 4.74 Å². The smallest absolute Gasteiger partial charge is 0.251 e. The lowest BCUT2D eigenvalue weighted by Gasteiger charge is -2.28. The first-order valence-corrected chi connectivity index (χ1v) is 11.6. The summed E-state index contributed by atoms with van der Waals surface area (Å²) in [5.74, 6) is 0. The van der Waals surface area contributed by atoms with Gasteiger partial charge in [0, 0.05) is 49.5 Å². The second-order valence-electron chi connectivity index (χ2n) is 8.84. The van der Waals surface area contributed by atoms with Crippen LogP contribution in [-0.2, 0) is 18.3 Å². The highest BCUT2D eigenvalue weighted by Crippen LogP contribution is 2.31. The first-order chi connectivity index (χ1) is 16.7. The number of rotatable bonds is 4. The number of hydrogen-bond acceptors (Lipinski definition) is 4. The van der Waals surface area contributed by atoms with Gasteiger partial charge in [-0.2, -0.15) is 0 Å². The van der Waals surface area contributed by atoms with Gasteiger partial charge in [-0.25, -0.2) is 4.98 Å². The van der Waals surface area contributed by atoms with Crippen LogP contribution in [0, 0.1) is 0 Å². The fourth-order valence-electron chi connectivity index (χ4n) is 4.89. The van der Waals surface area contributed by atoms with E-state index in [1.807, 2.05) is 48.3 Å². The van der Waals surface area contributed by atoms with Gasteiger partial charge >= 0.3 is 0 Å². The van der Waals surface area contributed by atoms with E-state index in [2.05, 4.69) is 41.4 Å². The summed E-state index contributed by atoms with van der Waals surface area (Å²) in [4.78, 5) is 20.2. The van der Waals surface area contributed by atoms with Crippen molar-refractivity contribution in [2.45, 2.75) is 6.54 Å². The van der Waals surface area contributed by atoms with Crippen LogP contribution < -0.4 is 10.5 Å². The average molecular weight is 451 g/mol. The number of morpholine rings is 1. The van der Waals surface area contributed by atoms with Gasteiger partial charge in [0.15, 0.2) is 0 Å². The lowest BCUT2D eigenvalue weighted by molar-refractivity contribution is 0.122. The zero-order valence-corrected chi connectivity index (χ0v) is 19.1. The molecule has 1 aliphatic rings. The van der Waals surface area contributed by atoms with E-state index in [0.29, 0.717) is 6.54 Å². The fourth-order valence-corrected chi connectivity index (χ4v) is 4.89. The SMILES string of the molecule is Cn1cc(-c2ccn(Cc3cccc4ccccc34)c(=O)c2)c2cc(N3CCOCC3)cnc21. The molecule has 34 heavy (non-hydrogen) atoms. The van der Waals surface area contributed by atoms with Crippen molar-refractivity contribution >= 4 is 27.5 Å². The molecule has 1 aliphatic heterocycles. The Morgan fingerprint density at radius 1 is 0.971 bits per heavy atom. The summed E-state index contributed by atoms with van der Waals surface area (Å²) in [6.45, 7) is 3.72. The van der Waals surface area contributed by atoms with Crippen LogP contribution in [-0.4, -0.2) is 40.4 Å². The summed E-state index contributed by atoms with van der Waals surface area (Å²) >= 11 is 0. The van der Waals surface area contributed by atoms with Crippen molar-refractivity contribution in [1.29, 1.82) is 0 Å². The summed E-state index contributed by atoms with van der Waals surface area (Å²) in [6.07, 6.45) is 5.89. The molecule has 0 aliphatic carbocycles. The maximum atomic E-state index is 13.1. The zero-order chi connectivity index (χ0) is 23.1. The van der Waals surface area contributed by atoms with E-state index in [0.717, 1.165) is 59.7 Å². The van der Waals surface area contributed by atoms with E-state index in [1.165, 1.54) is 10.8 Å². The Kier molecular flexibility index (Phi) is 5.15. The zero-order valence-electron chi connectivity index (χ0n) is 19.1. The molecule has 0 unspecified atom stereocenters. The van der Waals surface area contributed by atoms with Crippen LogP contribution in [0.4, 0.5) is 5.69 Å². The number of nitrogens with zero attached hydrogens (tertiary/aromatic N) is 4. The van der Waals surface area contributed by atoms with Gasteiger partial charge in [-0.3, -0.25) is 4.79 Å². The maximum Gasteiger partial charge on any atom is 0.251 e. The predicted molar refractivity (Wildman–Crippen MR) is 136 cm³/mol. The number of ether oxygens (including phenoxy) is 1. The minimum Gasteiger partial charge on any atom is -0.378 e. The molecule has 0 spiro atoms. The molecule has 0 radical (unpaired) electrons. The Morgan fingerprint density at radius 3 is 2.65 bits per heavy atom. The van der Waals surface area contributed by atoms with Gasteiger partial charge < -0.3 is 18.8 Å². The normalized spacial score (nSPS) is 14.2. The number of aryl methyl sites for hydroxylation is 1. The van der Waals surface area contributed by atoms with Gasteiger partial charge in [0.05, 0.1) is 31.6 Å². The quantitative estimate of drug-likeness (QED) is 0.406. The molecule has 3 aromatic heterocycles. The number of anilines is 1. The second-order valence-corrected chi connectivity index (χ2v) is 8.84. The Morgan fingerprint density at radius 2 is 1.79 bits per heavy atom. The molecule has 4 heterocycles.